The van der Waals surface area contributed by atoms with E-state index < -0.39 is 0 Å². The highest BCUT2D eigenvalue weighted by Crippen LogP contribution is 2.14. The van der Waals surface area contributed by atoms with E-state index in [0.717, 1.165) is 12.8 Å². The molecule has 0 aliphatic heterocycles. The third kappa shape index (κ3) is 8.96. The minimum absolute atomic E-state index is 0.179. The number of hydrogen-bond acceptors (Lipinski definition) is 2. The molecule has 0 N–H and O–H groups in total. The number of ether oxygens (including phenoxy) is 1. The number of hydrogen-bond donors (Lipinski definition) is 0. The molecule has 0 radical (unpaired) electrons. The predicted octanol–water partition coefficient (Wildman–Crippen LogP) is 4.58. The quantitative estimate of drug-likeness (QED) is 0.255. The molecule has 1 atom stereocenters. The van der Waals surface area contributed by atoms with Crippen LogP contribution in [-0.4, -0.2) is 10.8 Å². The topological polar surface area (TPSA) is 26.3 Å². The zero-order valence-corrected chi connectivity index (χ0v) is 11.8. The Morgan fingerprint density at radius 2 is 1.81 bits per heavy atom. The lowest BCUT2D eigenvalue weighted by atomic mass is 10.1. The van der Waals surface area contributed by atoms with Crippen molar-refractivity contribution in [2.45, 2.75) is 63.1 Å². The summed E-state index contributed by atoms with van der Waals surface area (Å²) in [4.78, 5) is 11.0. The molecular formula is C13H23BrO2. The van der Waals surface area contributed by atoms with Crippen molar-refractivity contribution in [2.24, 2.45) is 0 Å². The maximum atomic E-state index is 11.2. The average Bonchev–Trinajstić information content (AvgIpc) is 2.28. The van der Waals surface area contributed by atoms with E-state index in [-0.39, 0.29) is 10.8 Å². The molecule has 16 heavy (non-hydrogen) atoms. The van der Waals surface area contributed by atoms with Crippen LogP contribution in [0.25, 0.3) is 0 Å². The summed E-state index contributed by atoms with van der Waals surface area (Å²) in [5, 5.41) is 0. The molecule has 0 aliphatic carbocycles. The number of unbranched alkanes of at least 4 members (excludes halogenated alkanes) is 6. The van der Waals surface area contributed by atoms with Gasteiger partial charge in [-0.15, -0.1) is 0 Å². The van der Waals surface area contributed by atoms with Crippen LogP contribution in [-0.2, 0) is 9.53 Å². The Hall–Kier alpha value is -0.310. The number of carbonyl (C=O) groups excluding carboxylic acids is 1. The molecule has 0 saturated heterocycles. The fourth-order valence-electron chi connectivity index (χ4n) is 1.55. The maximum Gasteiger partial charge on any atom is 0.324 e. The molecule has 0 rings (SSSR count). The first-order chi connectivity index (χ1) is 7.72. The van der Waals surface area contributed by atoms with Crippen LogP contribution < -0.4 is 0 Å². The van der Waals surface area contributed by atoms with Gasteiger partial charge in [-0.2, -0.15) is 0 Å². The van der Waals surface area contributed by atoms with E-state index in [1.807, 2.05) is 0 Å². The smallest absolute Gasteiger partial charge is 0.324 e. The molecule has 0 aromatic carbocycles. The van der Waals surface area contributed by atoms with Gasteiger partial charge < -0.3 is 4.74 Å². The molecule has 0 heterocycles. The second kappa shape index (κ2) is 11.2. The van der Waals surface area contributed by atoms with Gasteiger partial charge in [0.05, 0.1) is 6.26 Å². The van der Waals surface area contributed by atoms with Crippen LogP contribution in [0.5, 0.6) is 0 Å². The number of halogens is 1. The van der Waals surface area contributed by atoms with Gasteiger partial charge in [-0.3, -0.25) is 4.79 Å². The molecule has 3 heteroatoms. The van der Waals surface area contributed by atoms with Gasteiger partial charge in [0.25, 0.3) is 0 Å². The van der Waals surface area contributed by atoms with Gasteiger partial charge in [-0.25, -0.2) is 0 Å². The van der Waals surface area contributed by atoms with Crippen molar-refractivity contribution >= 4 is 21.9 Å². The Balaban J connectivity index is 3.30. The van der Waals surface area contributed by atoms with Crippen LogP contribution in [0.3, 0.4) is 0 Å². The summed E-state index contributed by atoms with van der Waals surface area (Å²) < 4.78 is 4.69. The van der Waals surface area contributed by atoms with Crippen LogP contribution in [0.1, 0.15) is 58.3 Å². The van der Waals surface area contributed by atoms with E-state index >= 15 is 0 Å². The van der Waals surface area contributed by atoms with Gasteiger partial charge in [0.2, 0.25) is 0 Å². The summed E-state index contributed by atoms with van der Waals surface area (Å²) in [6.45, 7) is 5.58. The van der Waals surface area contributed by atoms with Crippen molar-refractivity contribution in [3.63, 3.8) is 0 Å². The molecule has 0 spiro atoms. The summed E-state index contributed by atoms with van der Waals surface area (Å²) in [6.07, 6.45) is 10.9. The summed E-state index contributed by atoms with van der Waals surface area (Å²) in [5.41, 5.74) is 0. The van der Waals surface area contributed by atoms with Crippen molar-refractivity contribution in [2.75, 3.05) is 0 Å². The van der Waals surface area contributed by atoms with Gasteiger partial charge in [0, 0.05) is 0 Å². The predicted molar refractivity (Wildman–Crippen MR) is 71.6 cm³/mol. The minimum Gasteiger partial charge on any atom is -0.434 e. The van der Waals surface area contributed by atoms with Gasteiger partial charge in [0.15, 0.2) is 0 Å². The van der Waals surface area contributed by atoms with Crippen LogP contribution >= 0.6 is 15.9 Å². The van der Waals surface area contributed by atoms with Gasteiger partial charge in [-0.1, -0.05) is 74.4 Å². The van der Waals surface area contributed by atoms with E-state index in [1.165, 1.54) is 44.8 Å². The second-order valence-electron chi connectivity index (χ2n) is 3.98. The average molecular weight is 291 g/mol. The molecule has 0 saturated carbocycles. The lowest BCUT2D eigenvalue weighted by Gasteiger charge is -2.06. The molecule has 2 nitrogen and oxygen atoms in total. The normalized spacial score (nSPS) is 12.1. The van der Waals surface area contributed by atoms with E-state index in [0.29, 0.717) is 0 Å². The highest BCUT2D eigenvalue weighted by atomic mass is 79.9. The highest BCUT2D eigenvalue weighted by molar-refractivity contribution is 9.10. The third-order valence-corrected chi connectivity index (χ3v) is 3.35. The number of esters is 1. The zero-order valence-electron chi connectivity index (χ0n) is 10.2. The van der Waals surface area contributed by atoms with Crippen molar-refractivity contribution < 1.29 is 9.53 Å². The van der Waals surface area contributed by atoms with E-state index in [2.05, 4.69) is 29.4 Å². The molecule has 94 valence electrons. The molecular weight excluding hydrogens is 268 g/mol. The molecule has 0 bridgehead atoms. The third-order valence-electron chi connectivity index (χ3n) is 2.52. The van der Waals surface area contributed by atoms with Crippen LogP contribution in [0.15, 0.2) is 12.8 Å². The van der Waals surface area contributed by atoms with E-state index in [1.54, 1.807) is 0 Å². The molecule has 0 aromatic heterocycles. The maximum absolute atomic E-state index is 11.2. The summed E-state index contributed by atoms with van der Waals surface area (Å²) in [5.74, 6) is -0.235. The molecule has 1 unspecified atom stereocenters. The Bertz CT molecular complexity index is 192. The fraction of sp³-hybridized carbons (Fsp3) is 0.769. The summed E-state index contributed by atoms with van der Waals surface area (Å²) >= 11 is 3.32. The first-order valence-corrected chi connectivity index (χ1v) is 7.09. The Kier molecular flexibility index (Phi) is 11.0. The Morgan fingerprint density at radius 1 is 1.25 bits per heavy atom. The Labute approximate surface area is 108 Å². The first-order valence-electron chi connectivity index (χ1n) is 6.17. The lowest BCUT2D eigenvalue weighted by molar-refractivity contribution is -0.137. The SMILES string of the molecule is C=COC(=O)C(Br)CCCCCCCCC. The molecule has 0 amide bonds. The van der Waals surface area contributed by atoms with E-state index in [9.17, 15) is 4.79 Å². The van der Waals surface area contributed by atoms with Crippen molar-refractivity contribution in [1.29, 1.82) is 0 Å². The van der Waals surface area contributed by atoms with E-state index in [4.69, 9.17) is 4.74 Å². The monoisotopic (exact) mass is 290 g/mol. The second-order valence-corrected chi connectivity index (χ2v) is 5.09. The highest BCUT2D eigenvalue weighted by Gasteiger charge is 2.14. The van der Waals surface area contributed by atoms with Crippen molar-refractivity contribution in [1.82, 2.24) is 0 Å². The zero-order chi connectivity index (χ0) is 12.2. The number of alkyl halides is 1. The Morgan fingerprint density at radius 3 is 2.38 bits per heavy atom. The largest absolute Gasteiger partial charge is 0.434 e. The number of rotatable bonds is 10. The molecule has 0 fully saturated rings. The lowest BCUT2D eigenvalue weighted by Crippen LogP contribution is -2.14. The van der Waals surface area contributed by atoms with Gasteiger partial charge >= 0.3 is 5.97 Å². The standard InChI is InChI=1S/C13H23BrO2/c1-3-5-6-7-8-9-10-11-12(14)13(15)16-4-2/h4,12H,2-3,5-11H2,1H3. The molecule has 0 aromatic rings. The summed E-state index contributed by atoms with van der Waals surface area (Å²) in [6, 6.07) is 0. The van der Waals surface area contributed by atoms with Crippen LogP contribution in [0.4, 0.5) is 0 Å². The number of carbonyl (C=O) groups is 1. The fourth-order valence-corrected chi connectivity index (χ4v) is 1.99. The first kappa shape index (κ1) is 15.7. The minimum atomic E-state index is -0.235. The van der Waals surface area contributed by atoms with Gasteiger partial charge in [0.1, 0.15) is 4.83 Å². The van der Waals surface area contributed by atoms with Gasteiger partial charge in [-0.05, 0) is 6.42 Å². The van der Waals surface area contributed by atoms with Crippen LogP contribution in [0.2, 0.25) is 0 Å². The summed E-state index contributed by atoms with van der Waals surface area (Å²) in [7, 11) is 0. The molecule has 0 aliphatic rings. The van der Waals surface area contributed by atoms with Crippen LogP contribution in [0, 0.1) is 0 Å². The van der Waals surface area contributed by atoms with Crippen molar-refractivity contribution in [3.05, 3.63) is 12.8 Å². The van der Waals surface area contributed by atoms with Crippen molar-refractivity contribution in [3.8, 4) is 0 Å².